The summed E-state index contributed by atoms with van der Waals surface area (Å²) in [5.74, 6) is 0.362. The molecule has 1 aliphatic rings. The van der Waals surface area contributed by atoms with E-state index in [0.717, 1.165) is 19.3 Å². The van der Waals surface area contributed by atoms with E-state index in [2.05, 4.69) is 29.2 Å². The van der Waals surface area contributed by atoms with E-state index in [9.17, 15) is 5.11 Å². The van der Waals surface area contributed by atoms with Crippen molar-refractivity contribution in [3.05, 3.63) is 29.8 Å². The number of aliphatic hydroxyl groups is 1. The number of hydrogen-bond donors (Lipinski definition) is 1. The molecular weight excluding hydrogens is 186 g/mol. The van der Waals surface area contributed by atoms with Gasteiger partial charge in [0.25, 0.3) is 0 Å². The van der Waals surface area contributed by atoms with E-state index in [1.54, 1.807) is 0 Å². The molecule has 2 nitrogen and oxygen atoms in total. The van der Waals surface area contributed by atoms with Crippen LogP contribution in [0.3, 0.4) is 0 Å². The molecule has 0 amide bonds. The molecule has 1 saturated carbocycles. The van der Waals surface area contributed by atoms with Crippen LogP contribution >= 0.6 is 0 Å². The minimum atomic E-state index is -0.129. The SMILES string of the molecule is CN(C)c1ccc(C2CCCC2O)cc1. The molecule has 2 rings (SSSR count). The second-order valence-electron chi connectivity index (χ2n) is 4.59. The normalized spacial score (nSPS) is 25.5. The fourth-order valence-electron chi connectivity index (χ4n) is 2.35. The van der Waals surface area contributed by atoms with E-state index in [-0.39, 0.29) is 6.10 Å². The summed E-state index contributed by atoms with van der Waals surface area (Å²) in [6.45, 7) is 0. The Labute approximate surface area is 91.5 Å². The average Bonchev–Trinajstić information content (AvgIpc) is 2.65. The molecule has 2 heteroatoms. The maximum atomic E-state index is 9.81. The van der Waals surface area contributed by atoms with Crippen molar-refractivity contribution in [3.8, 4) is 0 Å². The molecule has 82 valence electrons. The molecule has 0 saturated heterocycles. The zero-order valence-corrected chi connectivity index (χ0v) is 9.48. The van der Waals surface area contributed by atoms with Crippen molar-refractivity contribution in [2.45, 2.75) is 31.3 Å². The van der Waals surface area contributed by atoms with Crippen molar-refractivity contribution in [1.82, 2.24) is 0 Å². The Morgan fingerprint density at radius 1 is 1.13 bits per heavy atom. The van der Waals surface area contributed by atoms with Crippen molar-refractivity contribution in [2.75, 3.05) is 19.0 Å². The number of benzene rings is 1. The van der Waals surface area contributed by atoms with E-state index < -0.39 is 0 Å². The summed E-state index contributed by atoms with van der Waals surface area (Å²) in [5, 5.41) is 9.81. The predicted octanol–water partition coefficient (Wildman–Crippen LogP) is 2.38. The highest BCUT2D eigenvalue weighted by Gasteiger charge is 2.26. The predicted molar refractivity (Wildman–Crippen MR) is 63.4 cm³/mol. The molecule has 1 N–H and O–H groups in total. The lowest BCUT2D eigenvalue weighted by Gasteiger charge is -2.17. The van der Waals surface area contributed by atoms with Gasteiger partial charge in [-0.1, -0.05) is 18.6 Å². The van der Waals surface area contributed by atoms with Crippen molar-refractivity contribution >= 4 is 5.69 Å². The van der Waals surface area contributed by atoms with Crippen LogP contribution in [0.2, 0.25) is 0 Å². The summed E-state index contributed by atoms with van der Waals surface area (Å²) in [7, 11) is 4.08. The molecule has 15 heavy (non-hydrogen) atoms. The second-order valence-corrected chi connectivity index (χ2v) is 4.59. The van der Waals surface area contributed by atoms with Crippen LogP contribution in [0.25, 0.3) is 0 Å². The van der Waals surface area contributed by atoms with Crippen LogP contribution in [0.4, 0.5) is 5.69 Å². The van der Waals surface area contributed by atoms with E-state index in [4.69, 9.17) is 0 Å². The first-order chi connectivity index (χ1) is 7.18. The van der Waals surface area contributed by atoms with Crippen LogP contribution in [-0.4, -0.2) is 25.3 Å². The highest BCUT2D eigenvalue weighted by atomic mass is 16.3. The Kier molecular flexibility index (Phi) is 2.96. The Morgan fingerprint density at radius 3 is 2.27 bits per heavy atom. The minimum Gasteiger partial charge on any atom is -0.392 e. The maximum Gasteiger partial charge on any atom is 0.0608 e. The summed E-state index contributed by atoms with van der Waals surface area (Å²) >= 11 is 0. The van der Waals surface area contributed by atoms with Gasteiger partial charge in [0.05, 0.1) is 6.10 Å². The molecule has 1 aromatic carbocycles. The number of aliphatic hydroxyl groups excluding tert-OH is 1. The van der Waals surface area contributed by atoms with Crippen molar-refractivity contribution in [3.63, 3.8) is 0 Å². The molecule has 1 fully saturated rings. The highest BCUT2D eigenvalue weighted by Crippen LogP contribution is 2.34. The van der Waals surface area contributed by atoms with Gasteiger partial charge >= 0.3 is 0 Å². The summed E-state index contributed by atoms with van der Waals surface area (Å²) in [4.78, 5) is 2.09. The zero-order valence-electron chi connectivity index (χ0n) is 9.48. The minimum absolute atomic E-state index is 0.129. The van der Waals surface area contributed by atoms with Crippen LogP contribution in [0.5, 0.6) is 0 Å². The largest absolute Gasteiger partial charge is 0.392 e. The molecule has 0 aliphatic heterocycles. The molecule has 1 aromatic rings. The molecule has 0 heterocycles. The van der Waals surface area contributed by atoms with Gasteiger partial charge in [-0.15, -0.1) is 0 Å². The first-order valence-electron chi connectivity index (χ1n) is 5.64. The van der Waals surface area contributed by atoms with Crippen LogP contribution in [0, 0.1) is 0 Å². The van der Waals surface area contributed by atoms with Crippen molar-refractivity contribution < 1.29 is 5.11 Å². The molecule has 2 atom stereocenters. The number of anilines is 1. The smallest absolute Gasteiger partial charge is 0.0608 e. The Balaban J connectivity index is 2.16. The number of nitrogens with zero attached hydrogens (tertiary/aromatic N) is 1. The summed E-state index contributed by atoms with van der Waals surface area (Å²) in [6, 6.07) is 8.55. The van der Waals surface area contributed by atoms with Gasteiger partial charge in [-0.3, -0.25) is 0 Å². The Bertz CT molecular complexity index is 318. The third kappa shape index (κ3) is 2.15. The van der Waals surface area contributed by atoms with Crippen LogP contribution in [0.15, 0.2) is 24.3 Å². The summed E-state index contributed by atoms with van der Waals surface area (Å²) in [5.41, 5.74) is 2.50. The first kappa shape index (κ1) is 10.5. The van der Waals surface area contributed by atoms with Gasteiger partial charge in [0.1, 0.15) is 0 Å². The van der Waals surface area contributed by atoms with Crippen LogP contribution < -0.4 is 4.90 Å². The van der Waals surface area contributed by atoms with Crippen molar-refractivity contribution in [2.24, 2.45) is 0 Å². The van der Waals surface area contributed by atoms with E-state index >= 15 is 0 Å². The van der Waals surface area contributed by atoms with E-state index in [0.29, 0.717) is 5.92 Å². The van der Waals surface area contributed by atoms with Crippen LogP contribution in [0.1, 0.15) is 30.7 Å². The fourth-order valence-corrected chi connectivity index (χ4v) is 2.35. The van der Waals surface area contributed by atoms with Crippen molar-refractivity contribution in [1.29, 1.82) is 0 Å². The molecule has 0 spiro atoms. The third-order valence-electron chi connectivity index (χ3n) is 3.32. The van der Waals surface area contributed by atoms with Gasteiger partial charge in [-0.05, 0) is 30.5 Å². The number of rotatable bonds is 2. The zero-order chi connectivity index (χ0) is 10.8. The molecule has 1 aliphatic carbocycles. The summed E-state index contributed by atoms with van der Waals surface area (Å²) in [6.07, 6.45) is 3.11. The monoisotopic (exact) mass is 205 g/mol. The second kappa shape index (κ2) is 4.23. The first-order valence-corrected chi connectivity index (χ1v) is 5.64. The highest BCUT2D eigenvalue weighted by molar-refractivity contribution is 5.46. The third-order valence-corrected chi connectivity index (χ3v) is 3.32. The molecular formula is C13H19NO. The molecule has 0 radical (unpaired) electrons. The van der Waals surface area contributed by atoms with E-state index in [1.807, 2.05) is 14.1 Å². The molecule has 0 bridgehead atoms. The van der Waals surface area contributed by atoms with Gasteiger partial charge in [0.15, 0.2) is 0 Å². The lowest BCUT2D eigenvalue weighted by Crippen LogP contribution is -2.12. The summed E-state index contributed by atoms with van der Waals surface area (Å²) < 4.78 is 0. The maximum absolute atomic E-state index is 9.81. The standard InChI is InChI=1S/C13H19NO/c1-14(2)11-8-6-10(7-9-11)12-4-3-5-13(12)15/h6-9,12-13,15H,3-5H2,1-2H3. The quantitative estimate of drug-likeness (QED) is 0.801. The molecule has 0 aromatic heterocycles. The lowest BCUT2D eigenvalue weighted by molar-refractivity contribution is 0.164. The fraction of sp³-hybridized carbons (Fsp3) is 0.538. The lowest BCUT2D eigenvalue weighted by atomic mass is 9.95. The van der Waals surface area contributed by atoms with Gasteiger partial charge < -0.3 is 10.0 Å². The van der Waals surface area contributed by atoms with Gasteiger partial charge in [0.2, 0.25) is 0 Å². The topological polar surface area (TPSA) is 23.5 Å². The van der Waals surface area contributed by atoms with E-state index in [1.165, 1.54) is 11.3 Å². The number of hydrogen-bond acceptors (Lipinski definition) is 2. The van der Waals surface area contributed by atoms with Crippen LogP contribution in [-0.2, 0) is 0 Å². The van der Waals surface area contributed by atoms with Gasteiger partial charge in [0, 0.05) is 25.7 Å². The average molecular weight is 205 g/mol. The van der Waals surface area contributed by atoms with Gasteiger partial charge in [-0.25, -0.2) is 0 Å². The Hall–Kier alpha value is -1.02. The molecule has 2 unspecified atom stereocenters. The van der Waals surface area contributed by atoms with Gasteiger partial charge in [-0.2, -0.15) is 0 Å². The Morgan fingerprint density at radius 2 is 1.80 bits per heavy atom.